The third-order valence-corrected chi connectivity index (χ3v) is 5.28. The van der Waals surface area contributed by atoms with Crippen LogP contribution < -0.4 is 5.32 Å². The zero-order valence-electron chi connectivity index (χ0n) is 14.4. The van der Waals surface area contributed by atoms with Gasteiger partial charge in [-0.15, -0.1) is 12.4 Å². The van der Waals surface area contributed by atoms with Crippen molar-refractivity contribution >= 4 is 35.8 Å². The maximum atomic E-state index is 13.1. The molecule has 2 heterocycles. The molecule has 1 N–H and O–H groups in total. The summed E-state index contributed by atoms with van der Waals surface area (Å²) in [6, 6.07) is 7.78. The molecule has 7 heteroatoms. The van der Waals surface area contributed by atoms with Crippen LogP contribution in [-0.4, -0.2) is 54.3 Å². The third kappa shape index (κ3) is 4.66. The lowest BCUT2D eigenvalue weighted by Gasteiger charge is -2.40. The molecule has 0 saturated carbocycles. The first-order chi connectivity index (χ1) is 11.6. The van der Waals surface area contributed by atoms with Crippen LogP contribution in [0.5, 0.6) is 0 Å². The Morgan fingerprint density at radius 3 is 2.56 bits per heavy atom. The van der Waals surface area contributed by atoms with E-state index in [1.54, 1.807) is 6.92 Å². The van der Waals surface area contributed by atoms with E-state index in [1.807, 2.05) is 34.1 Å². The Morgan fingerprint density at radius 2 is 1.92 bits per heavy atom. The van der Waals surface area contributed by atoms with E-state index >= 15 is 0 Å². The second-order valence-corrected chi connectivity index (χ2v) is 7.02. The second-order valence-electron chi connectivity index (χ2n) is 6.59. The number of halogens is 2. The minimum Gasteiger partial charge on any atom is -0.343 e. The summed E-state index contributed by atoms with van der Waals surface area (Å²) >= 11 is 6.12. The highest BCUT2D eigenvalue weighted by molar-refractivity contribution is 6.30. The predicted octanol–water partition coefficient (Wildman–Crippen LogP) is 2.49. The molecule has 0 radical (unpaired) electrons. The van der Waals surface area contributed by atoms with Gasteiger partial charge in [0.05, 0.1) is 6.04 Å². The summed E-state index contributed by atoms with van der Waals surface area (Å²) in [6.07, 6.45) is 1.51. The number of benzene rings is 1. The molecule has 2 amide bonds. The van der Waals surface area contributed by atoms with Crippen LogP contribution in [0.3, 0.4) is 0 Å². The second kappa shape index (κ2) is 8.88. The molecule has 138 valence electrons. The van der Waals surface area contributed by atoms with Gasteiger partial charge in [0.2, 0.25) is 11.8 Å². The zero-order valence-corrected chi connectivity index (χ0v) is 16.0. The van der Waals surface area contributed by atoms with Crippen molar-refractivity contribution in [3.63, 3.8) is 0 Å². The van der Waals surface area contributed by atoms with Crippen LogP contribution in [0.1, 0.15) is 31.4 Å². The fraction of sp³-hybridized carbons (Fsp3) is 0.556. The molecule has 0 aliphatic carbocycles. The summed E-state index contributed by atoms with van der Waals surface area (Å²) in [5, 5.41) is 4.07. The molecule has 1 atom stereocenters. The Labute approximate surface area is 160 Å². The summed E-state index contributed by atoms with van der Waals surface area (Å²) in [5.74, 6) is 0.324. The van der Waals surface area contributed by atoms with Crippen molar-refractivity contribution in [1.29, 1.82) is 0 Å². The van der Waals surface area contributed by atoms with Crippen molar-refractivity contribution < 1.29 is 9.59 Å². The smallest absolute Gasteiger partial charge is 0.226 e. The molecular formula is C18H25Cl2N3O2. The molecule has 1 aromatic rings. The van der Waals surface area contributed by atoms with Crippen molar-refractivity contribution in [1.82, 2.24) is 15.1 Å². The third-order valence-electron chi connectivity index (χ3n) is 5.05. The molecule has 0 bridgehead atoms. The number of carbonyl (C=O) groups excluding carboxylic acids is 2. The maximum absolute atomic E-state index is 13.1. The predicted molar refractivity (Wildman–Crippen MR) is 101 cm³/mol. The van der Waals surface area contributed by atoms with Crippen LogP contribution in [0.2, 0.25) is 5.02 Å². The Balaban J connectivity index is 0.00000225. The number of hydrogen-bond acceptors (Lipinski definition) is 3. The molecule has 2 aliphatic rings. The SMILES string of the molecule is CC(=O)N1CCC(C(=O)N2CCNCC2c2cccc(Cl)c2)CC1.Cl. The molecule has 2 fully saturated rings. The van der Waals surface area contributed by atoms with Gasteiger partial charge in [0.25, 0.3) is 0 Å². The van der Waals surface area contributed by atoms with Gasteiger partial charge in [-0.25, -0.2) is 0 Å². The fourth-order valence-electron chi connectivity index (χ4n) is 3.66. The average Bonchev–Trinajstić information content (AvgIpc) is 2.61. The van der Waals surface area contributed by atoms with E-state index in [9.17, 15) is 9.59 Å². The first kappa shape index (κ1) is 20.0. The zero-order chi connectivity index (χ0) is 17.1. The van der Waals surface area contributed by atoms with Crippen molar-refractivity contribution in [2.24, 2.45) is 5.92 Å². The van der Waals surface area contributed by atoms with Gasteiger partial charge in [-0.3, -0.25) is 9.59 Å². The lowest BCUT2D eigenvalue weighted by atomic mass is 9.93. The first-order valence-corrected chi connectivity index (χ1v) is 8.96. The van der Waals surface area contributed by atoms with Crippen molar-refractivity contribution in [2.75, 3.05) is 32.7 Å². The molecule has 0 aromatic heterocycles. The van der Waals surface area contributed by atoms with Gasteiger partial charge in [-0.2, -0.15) is 0 Å². The van der Waals surface area contributed by atoms with Gasteiger partial charge in [-0.1, -0.05) is 23.7 Å². The number of likely N-dealkylation sites (tertiary alicyclic amines) is 1. The van der Waals surface area contributed by atoms with Gasteiger partial charge in [0, 0.05) is 50.6 Å². The van der Waals surface area contributed by atoms with E-state index in [2.05, 4.69) is 5.32 Å². The number of nitrogens with one attached hydrogen (secondary N) is 1. The largest absolute Gasteiger partial charge is 0.343 e. The highest BCUT2D eigenvalue weighted by Gasteiger charge is 2.34. The number of hydrogen-bond donors (Lipinski definition) is 1. The van der Waals surface area contributed by atoms with Crippen LogP contribution in [0.4, 0.5) is 0 Å². The van der Waals surface area contributed by atoms with Crippen molar-refractivity contribution in [3.05, 3.63) is 34.9 Å². The molecule has 25 heavy (non-hydrogen) atoms. The number of piperidine rings is 1. The molecule has 1 aromatic carbocycles. The number of amides is 2. The molecule has 2 saturated heterocycles. The number of carbonyl (C=O) groups is 2. The fourth-order valence-corrected chi connectivity index (χ4v) is 3.85. The highest BCUT2D eigenvalue weighted by Crippen LogP contribution is 2.28. The van der Waals surface area contributed by atoms with Crippen LogP contribution in [0.25, 0.3) is 0 Å². The van der Waals surface area contributed by atoms with E-state index in [0.717, 1.165) is 31.5 Å². The number of rotatable bonds is 2. The Hall–Kier alpha value is -1.30. The van der Waals surface area contributed by atoms with E-state index in [0.29, 0.717) is 24.7 Å². The van der Waals surface area contributed by atoms with Gasteiger partial charge in [0.1, 0.15) is 0 Å². The monoisotopic (exact) mass is 385 g/mol. The lowest BCUT2D eigenvalue weighted by molar-refractivity contribution is -0.142. The van der Waals surface area contributed by atoms with E-state index in [4.69, 9.17) is 11.6 Å². The molecule has 1 unspecified atom stereocenters. The van der Waals surface area contributed by atoms with E-state index in [-0.39, 0.29) is 36.2 Å². The summed E-state index contributed by atoms with van der Waals surface area (Å²) in [6.45, 7) is 5.23. The summed E-state index contributed by atoms with van der Waals surface area (Å²) in [4.78, 5) is 28.3. The molecule has 5 nitrogen and oxygen atoms in total. The van der Waals surface area contributed by atoms with Crippen molar-refractivity contribution in [3.8, 4) is 0 Å². The van der Waals surface area contributed by atoms with Crippen LogP contribution >= 0.6 is 24.0 Å². The number of nitrogens with zero attached hydrogens (tertiary/aromatic N) is 2. The minimum absolute atomic E-state index is 0. The Morgan fingerprint density at radius 1 is 1.20 bits per heavy atom. The van der Waals surface area contributed by atoms with Crippen LogP contribution in [0.15, 0.2) is 24.3 Å². The normalized spacial score (nSPS) is 21.6. The van der Waals surface area contributed by atoms with Crippen molar-refractivity contribution in [2.45, 2.75) is 25.8 Å². The summed E-state index contributed by atoms with van der Waals surface area (Å²) in [7, 11) is 0. The average molecular weight is 386 g/mol. The van der Waals surface area contributed by atoms with Gasteiger partial charge < -0.3 is 15.1 Å². The molecule has 3 rings (SSSR count). The van der Waals surface area contributed by atoms with E-state index < -0.39 is 0 Å². The Kier molecular flexibility index (Phi) is 7.11. The van der Waals surface area contributed by atoms with Gasteiger partial charge in [0.15, 0.2) is 0 Å². The first-order valence-electron chi connectivity index (χ1n) is 8.58. The molecule has 0 spiro atoms. The van der Waals surface area contributed by atoms with Gasteiger partial charge in [-0.05, 0) is 30.5 Å². The Bertz CT molecular complexity index is 618. The summed E-state index contributed by atoms with van der Waals surface area (Å²) in [5.41, 5.74) is 1.07. The lowest BCUT2D eigenvalue weighted by Crippen LogP contribution is -2.52. The van der Waals surface area contributed by atoms with Crippen LogP contribution in [-0.2, 0) is 9.59 Å². The highest BCUT2D eigenvalue weighted by atomic mass is 35.5. The standard InChI is InChI=1S/C18H24ClN3O2.ClH/c1-13(23)21-8-5-14(6-9-21)18(24)22-10-7-20-12-17(22)15-3-2-4-16(19)11-15;/h2-4,11,14,17,20H,5-10,12H2,1H3;1H. The molecular weight excluding hydrogens is 361 g/mol. The number of piperazine rings is 1. The van der Waals surface area contributed by atoms with E-state index in [1.165, 1.54) is 0 Å². The van der Waals surface area contributed by atoms with Crippen LogP contribution in [0, 0.1) is 5.92 Å². The van der Waals surface area contributed by atoms with Gasteiger partial charge >= 0.3 is 0 Å². The minimum atomic E-state index is 0. The quantitative estimate of drug-likeness (QED) is 0.850. The maximum Gasteiger partial charge on any atom is 0.226 e. The molecule has 2 aliphatic heterocycles. The summed E-state index contributed by atoms with van der Waals surface area (Å²) < 4.78 is 0. The topological polar surface area (TPSA) is 52.7 Å².